The minimum Gasteiger partial charge on any atom is -0.361 e. The highest BCUT2D eigenvalue weighted by atomic mass is 14.7. The second-order valence-electron chi connectivity index (χ2n) is 5.08. The second kappa shape index (κ2) is 4.91. The van der Waals surface area contributed by atoms with Gasteiger partial charge in [0.1, 0.15) is 0 Å². The summed E-state index contributed by atoms with van der Waals surface area (Å²) < 4.78 is 0. The van der Waals surface area contributed by atoms with Gasteiger partial charge in [0, 0.05) is 23.5 Å². The van der Waals surface area contributed by atoms with Crippen molar-refractivity contribution in [1.82, 2.24) is 4.98 Å². The molecule has 0 bridgehead atoms. The molecule has 1 N–H and O–H groups in total. The molecule has 0 radical (unpaired) electrons. The van der Waals surface area contributed by atoms with Crippen LogP contribution in [-0.2, 0) is 0 Å². The summed E-state index contributed by atoms with van der Waals surface area (Å²) in [6, 6.07) is 22.9. The third-order valence-electron chi connectivity index (χ3n) is 3.71. The summed E-state index contributed by atoms with van der Waals surface area (Å²) in [5.74, 6) is 0. The number of aromatic amines is 1. The predicted molar refractivity (Wildman–Crippen MR) is 89.5 cm³/mol. The van der Waals surface area contributed by atoms with Gasteiger partial charge in [0.15, 0.2) is 0 Å². The average molecular weight is 270 g/mol. The Labute approximate surface area is 122 Å². The Balaban J connectivity index is 1.76. The molecule has 1 heterocycles. The maximum Gasteiger partial charge on any atom is 0.0650 e. The molecule has 0 saturated heterocycles. The van der Waals surface area contributed by atoms with Gasteiger partial charge >= 0.3 is 0 Å². The number of H-pyrrole nitrogens is 1. The molecule has 21 heavy (non-hydrogen) atoms. The molecule has 3 aromatic carbocycles. The van der Waals surface area contributed by atoms with Gasteiger partial charge in [-0.15, -0.1) is 0 Å². The molecule has 0 saturated carbocycles. The van der Waals surface area contributed by atoms with Crippen molar-refractivity contribution >= 4 is 33.6 Å². The lowest BCUT2D eigenvalue weighted by Gasteiger charge is -2.01. The lowest BCUT2D eigenvalue weighted by molar-refractivity contribution is 1.46. The van der Waals surface area contributed by atoms with E-state index in [1.807, 2.05) is 18.5 Å². The van der Waals surface area contributed by atoms with Crippen LogP contribution in [0.4, 0.5) is 5.69 Å². The van der Waals surface area contributed by atoms with Crippen LogP contribution in [0.25, 0.3) is 21.7 Å². The van der Waals surface area contributed by atoms with Gasteiger partial charge in [-0.25, -0.2) is 0 Å². The van der Waals surface area contributed by atoms with Crippen LogP contribution in [0, 0.1) is 0 Å². The van der Waals surface area contributed by atoms with Crippen molar-refractivity contribution in [2.75, 3.05) is 0 Å². The summed E-state index contributed by atoms with van der Waals surface area (Å²) in [5.41, 5.74) is 3.21. The van der Waals surface area contributed by atoms with Crippen LogP contribution in [0.3, 0.4) is 0 Å². The fourth-order valence-corrected chi connectivity index (χ4v) is 2.62. The van der Waals surface area contributed by atoms with Gasteiger partial charge in [0.2, 0.25) is 0 Å². The number of benzene rings is 3. The molecule has 0 spiro atoms. The summed E-state index contributed by atoms with van der Waals surface area (Å²) in [4.78, 5) is 7.83. The van der Waals surface area contributed by atoms with Crippen LogP contribution in [0.1, 0.15) is 5.56 Å². The Morgan fingerprint density at radius 1 is 0.810 bits per heavy atom. The first kappa shape index (κ1) is 11.9. The second-order valence-corrected chi connectivity index (χ2v) is 5.08. The van der Waals surface area contributed by atoms with Gasteiger partial charge < -0.3 is 4.98 Å². The van der Waals surface area contributed by atoms with Crippen molar-refractivity contribution in [3.63, 3.8) is 0 Å². The quantitative estimate of drug-likeness (QED) is 0.492. The summed E-state index contributed by atoms with van der Waals surface area (Å²) in [6.45, 7) is 0. The SMILES string of the molecule is C(=Nc1ccc2cc[nH]c2c1)c1cccc2ccccc12. The number of aliphatic imine (C=N–C) groups is 1. The predicted octanol–water partition coefficient (Wildman–Crippen LogP) is 5.07. The van der Waals surface area contributed by atoms with Crippen LogP contribution < -0.4 is 0 Å². The molecule has 2 heteroatoms. The average Bonchev–Trinajstić information content (AvgIpc) is 3.00. The first-order chi connectivity index (χ1) is 10.4. The first-order valence-corrected chi connectivity index (χ1v) is 6.99. The number of fused-ring (bicyclic) bond motifs is 2. The Bertz CT molecular complexity index is 943. The number of hydrogen-bond donors (Lipinski definition) is 1. The lowest BCUT2D eigenvalue weighted by atomic mass is 10.1. The van der Waals surface area contributed by atoms with E-state index in [2.05, 4.69) is 70.6 Å². The van der Waals surface area contributed by atoms with Crippen LogP contribution in [0.2, 0.25) is 0 Å². The minimum absolute atomic E-state index is 0.956. The zero-order valence-electron chi connectivity index (χ0n) is 11.5. The molecular formula is C19H14N2. The van der Waals surface area contributed by atoms with Gasteiger partial charge in [-0.3, -0.25) is 4.99 Å². The van der Waals surface area contributed by atoms with E-state index >= 15 is 0 Å². The van der Waals surface area contributed by atoms with Gasteiger partial charge in [-0.05, 0) is 34.4 Å². The first-order valence-electron chi connectivity index (χ1n) is 6.99. The van der Waals surface area contributed by atoms with E-state index in [0.29, 0.717) is 0 Å². The molecule has 1 aromatic heterocycles. The highest BCUT2D eigenvalue weighted by molar-refractivity contribution is 6.00. The lowest BCUT2D eigenvalue weighted by Crippen LogP contribution is -1.83. The van der Waals surface area contributed by atoms with Crippen molar-refractivity contribution in [2.45, 2.75) is 0 Å². The van der Waals surface area contributed by atoms with Crippen LogP contribution >= 0.6 is 0 Å². The van der Waals surface area contributed by atoms with E-state index in [9.17, 15) is 0 Å². The number of rotatable bonds is 2. The molecule has 4 aromatic rings. The van der Waals surface area contributed by atoms with Crippen LogP contribution in [0.15, 0.2) is 77.9 Å². The zero-order chi connectivity index (χ0) is 14.1. The fraction of sp³-hybridized carbons (Fsp3) is 0. The molecule has 0 unspecified atom stereocenters. The third-order valence-corrected chi connectivity index (χ3v) is 3.71. The molecule has 0 aliphatic rings. The maximum absolute atomic E-state index is 4.61. The van der Waals surface area contributed by atoms with Crippen LogP contribution in [0.5, 0.6) is 0 Å². The van der Waals surface area contributed by atoms with Crippen molar-refractivity contribution < 1.29 is 0 Å². The van der Waals surface area contributed by atoms with Crippen LogP contribution in [-0.4, -0.2) is 11.2 Å². The summed E-state index contributed by atoms with van der Waals surface area (Å²) in [6.07, 6.45) is 3.88. The molecular weight excluding hydrogens is 256 g/mol. The van der Waals surface area contributed by atoms with Crippen molar-refractivity contribution in [1.29, 1.82) is 0 Å². The third kappa shape index (κ3) is 2.21. The van der Waals surface area contributed by atoms with E-state index in [1.165, 1.54) is 16.2 Å². The largest absolute Gasteiger partial charge is 0.361 e. The molecule has 0 aliphatic heterocycles. The topological polar surface area (TPSA) is 28.1 Å². The molecule has 0 fully saturated rings. The number of nitrogens with zero attached hydrogens (tertiary/aromatic N) is 1. The van der Waals surface area contributed by atoms with Gasteiger partial charge in [-0.1, -0.05) is 48.5 Å². The van der Waals surface area contributed by atoms with E-state index < -0.39 is 0 Å². The van der Waals surface area contributed by atoms with E-state index in [1.54, 1.807) is 0 Å². The molecule has 100 valence electrons. The Morgan fingerprint density at radius 2 is 1.71 bits per heavy atom. The van der Waals surface area contributed by atoms with Gasteiger partial charge in [-0.2, -0.15) is 0 Å². The standard InChI is InChI=1S/C19H14N2/c1-2-7-18-14(4-1)5-3-6-16(18)13-21-17-9-8-15-10-11-20-19(15)12-17/h1-13,20H. The summed E-state index contributed by atoms with van der Waals surface area (Å²) >= 11 is 0. The Kier molecular flexibility index (Phi) is 2.79. The summed E-state index contributed by atoms with van der Waals surface area (Å²) in [7, 11) is 0. The molecule has 4 rings (SSSR count). The smallest absolute Gasteiger partial charge is 0.0650 e. The molecule has 2 nitrogen and oxygen atoms in total. The Hall–Kier alpha value is -2.87. The molecule has 0 aliphatic carbocycles. The number of hydrogen-bond acceptors (Lipinski definition) is 1. The zero-order valence-corrected chi connectivity index (χ0v) is 11.5. The van der Waals surface area contributed by atoms with Crippen molar-refractivity contribution in [3.05, 3.63) is 78.5 Å². The maximum atomic E-state index is 4.61. The number of aromatic nitrogens is 1. The number of nitrogens with one attached hydrogen (secondary N) is 1. The van der Waals surface area contributed by atoms with E-state index in [0.717, 1.165) is 16.8 Å². The normalized spacial score (nSPS) is 11.6. The van der Waals surface area contributed by atoms with E-state index in [-0.39, 0.29) is 0 Å². The Morgan fingerprint density at radius 3 is 2.71 bits per heavy atom. The fourth-order valence-electron chi connectivity index (χ4n) is 2.62. The molecule has 0 atom stereocenters. The van der Waals surface area contributed by atoms with Crippen molar-refractivity contribution in [3.8, 4) is 0 Å². The van der Waals surface area contributed by atoms with E-state index in [4.69, 9.17) is 0 Å². The monoisotopic (exact) mass is 270 g/mol. The summed E-state index contributed by atoms with van der Waals surface area (Å²) in [5, 5.41) is 3.67. The highest BCUT2D eigenvalue weighted by Gasteiger charge is 1.98. The minimum atomic E-state index is 0.956. The van der Waals surface area contributed by atoms with Crippen molar-refractivity contribution in [2.24, 2.45) is 4.99 Å². The van der Waals surface area contributed by atoms with Gasteiger partial charge in [0.25, 0.3) is 0 Å². The van der Waals surface area contributed by atoms with Gasteiger partial charge in [0.05, 0.1) is 5.69 Å². The molecule has 0 amide bonds. The highest BCUT2D eigenvalue weighted by Crippen LogP contribution is 2.21.